The maximum Gasteiger partial charge on any atom is 0.231 e. The van der Waals surface area contributed by atoms with Crippen LogP contribution in [0.3, 0.4) is 0 Å². The zero-order chi connectivity index (χ0) is 21.8. The zero-order valence-electron chi connectivity index (χ0n) is 18.1. The van der Waals surface area contributed by atoms with Gasteiger partial charge >= 0.3 is 0 Å². The highest BCUT2D eigenvalue weighted by Crippen LogP contribution is 2.45. The van der Waals surface area contributed by atoms with Gasteiger partial charge in [0.25, 0.3) is 0 Å². The van der Waals surface area contributed by atoms with Gasteiger partial charge in [-0.1, -0.05) is 18.9 Å². The van der Waals surface area contributed by atoms with Crippen LogP contribution >= 0.6 is 0 Å². The van der Waals surface area contributed by atoms with Crippen LogP contribution in [0.1, 0.15) is 49.1 Å². The van der Waals surface area contributed by atoms with Crippen molar-refractivity contribution < 1.29 is 28.8 Å². The lowest BCUT2D eigenvalue weighted by atomic mass is 9.86. The van der Waals surface area contributed by atoms with Crippen molar-refractivity contribution in [1.82, 2.24) is 4.90 Å². The number of ether oxygens (including phenoxy) is 4. The Hall–Kier alpha value is -3.09. The first-order valence-electron chi connectivity index (χ1n) is 10.7. The third kappa shape index (κ3) is 4.50. The molecule has 1 amide bonds. The van der Waals surface area contributed by atoms with Crippen LogP contribution in [0.4, 0.5) is 0 Å². The predicted octanol–water partition coefficient (Wildman–Crippen LogP) is 4.06. The van der Waals surface area contributed by atoms with Gasteiger partial charge in [-0.2, -0.15) is 0 Å². The summed E-state index contributed by atoms with van der Waals surface area (Å²) in [6, 6.07) is 8.91. The molecular formula is C24H29NO6. The summed E-state index contributed by atoms with van der Waals surface area (Å²) in [6.07, 6.45) is 4.58. The topological polar surface area (TPSA) is 77.5 Å². The summed E-state index contributed by atoms with van der Waals surface area (Å²) < 4.78 is 21.9. The highest BCUT2D eigenvalue weighted by molar-refractivity contribution is 5.78. The maximum atomic E-state index is 13.3. The van der Waals surface area contributed by atoms with Gasteiger partial charge in [0.15, 0.2) is 11.5 Å². The Morgan fingerprint density at radius 2 is 1.77 bits per heavy atom. The number of benzene rings is 2. The van der Waals surface area contributed by atoms with Gasteiger partial charge in [0.2, 0.25) is 12.7 Å². The van der Waals surface area contributed by atoms with E-state index in [0.717, 1.165) is 44.3 Å². The van der Waals surface area contributed by atoms with Crippen molar-refractivity contribution in [3.05, 3.63) is 41.5 Å². The van der Waals surface area contributed by atoms with E-state index in [4.69, 9.17) is 18.9 Å². The first-order valence-corrected chi connectivity index (χ1v) is 10.7. The van der Waals surface area contributed by atoms with Crippen LogP contribution in [0, 0.1) is 0 Å². The second-order valence-electron chi connectivity index (χ2n) is 7.93. The quantitative estimate of drug-likeness (QED) is 0.749. The first kappa shape index (κ1) is 21.2. The molecule has 1 saturated heterocycles. The molecule has 0 spiro atoms. The number of methoxy groups -OCH3 is 2. The Morgan fingerprint density at radius 1 is 1.03 bits per heavy atom. The number of carbonyl (C=O) groups is 1. The molecule has 1 N–H and O–H groups in total. The van der Waals surface area contributed by atoms with Gasteiger partial charge in [-0.3, -0.25) is 4.79 Å². The third-order valence-electron chi connectivity index (χ3n) is 6.03. The highest BCUT2D eigenvalue weighted by Gasteiger charge is 2.29. The summed E-state index contributed by atoms with van der Waals surface area (Å²) in [6.45, 7) is 1.73. The standard InChI is InChI=1S/C24H29NO6/c1-28-17-12-19(26)24(22(13-17)29-2)18(14-23(27)25-9-5-3-4-6-10-25)16-7-8-20-21(11-16)31-15-30-20/h7-8,11-13,18,26H,3-6,9-10,14-15H2,1-2H3. The minimum absolute atomic E-state index is 0.0301. The lowest BCUT2D eigenvalue weighted by Crippen LogP contribution is -2.33. The number of rotatable bonds is 6. The van der Waals surface area contributed by atoms with Crippen molar-refractivity contribution in [2.24, 2.45) is 0 Å². The predicted molar refractivity (Wildman–Crippen MR) is 115 cm³/mol. The molecule has 0 bridgehead atoms. The molecule has 1 atom stereocenters. The Bertz CT molecular complexity index is 936. The van der Waals surface area contributed by atoms with E-state index in [1.54, 1.807) is 19.2 Å². The van der Waals surface area contributed by atoms with Gasteiger partial charge in [-0.15, -0.1) is 0 Å². The smallest absolute Gasteiger partial charge is 0.231 e. The van der Waals surface area contributed by atoms with Gasteiger partial charge in [0.05, 0.1) is 14.2 Å². The Kier molecular flexibility index (Phi) is 6.39. The summed E-state index contributed by atoms with van der Waals surface area (Å²) in [7, 11) is 3.08. The number of phenols is 1. The van der Waals surface area contributed by atoms with E-state index in [9.17, 15) is 9.90 Å². The van der Waals surface area contributed by atoms with Crippen molar-refractivity contribution in [3.63, 3.8) is 0 Å². The number of amides is 1. The van der Waals surface area contributed by atoms with Gasteiger partial charge in [0, 0.05) is 43.1 Å². The molecule has 0 saturated carbocycles. The van der Waals surface area contributed by atoms with Gasteiger partial charge in [-0.05, 0) is 30.5 Å². The first-order chi connectivity index (χ1) is 15.1. The van der Waals surface area contributed by atoms with Crippen LogP contribution in [0.5, 0.6) is 28.7 Å². The SMILES string of the molecule is COc1cc(O)c(C(CC(=O)N2CCCCCC2)c2ccc3c(c2)OCO3)c(OC)c1. The van der Waals surface area contributed by atoms with Crippen molar-refractivity contribution >= 4 is 5.91 Å². The highest BCUT2D eigenvalue weighted by atomic mass is 16.7. The summed E-state index contributed by atoms with van der Waals surface area (Å²) in [5, 5.41) is 10.9. The van der Waals surface area contributed by atoms with Crippen molar-refractivity contribution in [1.29, 1.82) is 0 Å². The molecular weight excluding hydrogens is 398 g/mol. The van der Waals surface area contributed by atoms with Crippen LogP contribution in [0.25, 0.3) is 0 Å². The number of hydrogen-bond acceptors (Lipinski definition) is 6. The molecule has 0 aromatic heterocycles. The molecule has 1 fully saturated rings. The molecule has 0 radical (unpaired) electrons. The van der Waals surface area contributed by atoms with Crippen LogP contribution in [0.2, 0.25) is 0 Å². The van der Waals surface area contributed by atoms with Crippen LogP contribution in [-0.4, -0.2) is 50.0 Å². The van der Waals surface area contributed by atoms with Crippen LogP contribution in [-0.2, 0) is 4.79 Å². The van der Waals surface area contributed by atoms with Crippen molar-refractivity contribution in [2.75, 3.05) is 34.1 Å². The average Bonchev–Trinajstić information content (AvgIpc) is 3.08. The van der Waals surface area contributed by atoms with E-state index >= 15 is 0 Å². The third-order valence-corrected chi connectivity index (χ3v) is 6.03. The molecule has 2 aliphatic rings. The fourth-order valence-electron chi connectivity index (χ4n) is 4.36. The molecule has 7 nitrogen and oxygen atoms in total. The van der Waals surface area contributed by atoms with Gasteiger partial charge in [-0.25, -0.2) is 0 Å². The minimum atomic E-state index is -0.411. The molecule has 2 aromatic carbocycles. The largest absolute Gasteiger partial charge is 0.507 e. The molecule has 2 aromatic rings. The van der Waals surface area contributed by atoms with E-state index in [0.29, 0.717) is 28.6 Å². The van der Waals surface area contributed by atoms with Crippen LogP contribution in [0.15, 0.2) is 30.3 Å². The molecule has 4 rings (SSSR count). The number of nitrogens with zero attached hydrogens (tertiary/aromatic N) is 1. The Labute approximate surface area is 182 Å². The monoisotopic (exact) mass is 427 g/mol. The summed E-state index contributed by atoms with van der Waals surface area (Å²) in [5.41, 5.74) is 1.41. The zero-order valence-corrected chi connectivity index (χ0v) is 18.1. The van der Waals surface area contributed by atoms with E-state index in [1.165, 1.54) is 7.11 Å². The number of fused-ring (bicyclic) bond motifs is 1. The van der Waals surface area contributed by atoms with E-state index in [1.807, 2.05) is 23.1 Å². The molecule has 0 aliphatic carbocycles. The molecule has 7 heteroatoms. The van der Waals surface area contributed by atoms with E-state index in [-0.39, 0.29) is 24.9 Å². The molecule has 166 valence electrons. The number of aromatic hydroxyl groups is 1. The van der Waals surface area contributed by atoms with Crippen molar-refractivity contribution in [2.45, 2.75) is 38.0 Å². The lowest BCUT2D eigenvalue weighted by molar-refractivity contribution is -0.131. The lowest BCUT2D eigenvalue weighted by Gasteiger charge is -2.26. The summed E-state index contributed by atoms with van der Waals surface area (Å²) >= 11 is 0. The van der Waals surface area contributed by atoms with Crippen LogP contribution < -0.4 is 18.9 Å². The Balaban J connectivity index is 1.73. The summed E-state index contributed by atoms with van der Waals surface area (Å²) in [4.78, 5) is 15.2. The Morgan fingerprint density at radius 3 is 2.48 bits per heavy atom. The minimum Gasteiger partial charge on any atom is -0.507 e. The normalized spacial score (nSPS) is 16.5. The average molecular weight is 427 g/mol. The van der Waals surface area contributed by atoms with E-state index < -0.39 is 5.92 Å². The van der Waals surface area contributed by atoms with Crippen molar-refractivity contribution in [3.8, 4) is 28.7 Å². The number of likely N-dealkylation sites (tertiary alicyclic amines) is 1. The summed E-state index contributed by atoms with van der Waals surface area (Å²) in [5.74, 6) is 1.96. The van der Waals surface area contributed by atoms with Gasteiger partial charge in [0.1, 0.15) is 17.2 Å². The molecule has 2 heterocycles. The van der Waals surface area contributed by atoms with E-state index in [2.05, 4.69) is 0 Å². The number of phenolic OH excluding ortho intramolecular Hbond substituents is 1. The second-order valence-corrected chi connectivity index (χ2v) is 7.93. The number of hydrogen-bond donors (Lipinski definition) is 1. The fraction of sp³-hybridized carbons (Fsp3) is 0.458. The molecule has 1 unspecified atom stereocenters. The second kappa shape index (κ2) is 9.37. The molecule has 2 aliphatic heterocycles. The molecule has 31 heavy (non-hydrogen) atoms. The fourth-order valence-corrected chi connectivity index (χ4v) is 4.36. The number of carbonyl (C=O) groups excluding carboxylic acids is 1. The maximum absolute atomic E-state index is 13.3. The van der Waals surface area contributed by atoms with Gasteiger partial charge < -0.3 is 29.0 Å².